The molecular formula is C21H24ClN5O. The van der Waals surface area contributed by atoms with E-state index in [0.29, 0.717) is 23.1 Å². The molecule has 0 amide bonds. The first kappa shape index (κ1) is 19.9. The Hall–Kier alpha value is -2.83. The second kappa shape index (κ2) is 8.46. The van der Waals surface area contributed by atoms with E-state index >= 15 is 0 Å². The van der Waals surface area contributed by atoms with Gasteiger partial charge in [0.2, 0.25) is 0 Å². The molecule has 6 nitrogen and oxygen atoms in total. The third kappa shape index (κ3) is 4.03. The third-order valence-corrected chi connectivity index (χ3v) is 5.09. The van der Waals surface area contributed by atoms with Crippen molar-refractivity contribution in [3.8, 4) is 28.1 Å². The smallest absolute Gasteiger partial charge is 0.154 e. The number of halogens is 1. The molecule has 1 saturated heterocycles. The number of nitrogens with two attached hydrogens (primary N) is 2. The summed E-state index contributed by atoms with van der Waals surface area (Å²) in [7, 11) is 0. The normalized spacial score (nSPS) is 14.5. The number of anilines is 2. The molecule has 0 atom stereocenters. The topological polar surface area (TPSA) is 101 Å². The fourth-order valence-electron chi connectivity index (χ4n) is 3.46. The van der Waals surface area contributed by atoms with E-state index in [2.05, 4.69) is 27.2 Å². The van der Waals surface area contributed by atoms with E-state index < -0.39 is 0 Å². The van der Waals surface area contributed by atoms with Crippen LogP contribution in [0.4, 0.5) is 11.5 Å². The van der Waals surface area contributed by atoms with Crippen molar-refractivity contribution in [1.29, 1.82) is 0 Å². The summed E-state index contributed by atoms with van der Waals surface area (Å²) >= 11 is 0. The number of para-hydroxylation sites is 1. The number of hydrogen-bond acceptors (Lipinski definition) is 6. The second-order valence-electron chi connectivity index (χ2n) is 6.92. The summed E-state index contributed by atoms with van der Waals surface area (Å²) in [5.74, 6) is 0.534. The lowest BCUT2D eigenvalue weighted by molar-refractivity contribution is 0.477. The van der Waals surface area contributed by atoms with Crippen molar-refractivity contribution in [3.63, 3.8) is 0 Å². The number of aromatic hydroxyl groups is 1. The molecule has 146 valence electrons. The standard InChI is InChI=1S/C21H23N5O.ClH/c22-15-9-11-26(12-10-15)16-7-5-14(6-8-16)18-13-19(24-25-21(18)23)17-3-1-2-4-20(17)27;/h1-8,13,15,27H,9-12,22H2,(H2,23,25);1H. The van der Waals surface area contributed by atoms with Crippen LogP contribution in [0.15, 0.2) is 54.6 Å². The first-order valence-electron chi connectivity index (χ1n) is 9.14. The molecule has 5 N–H and O–H groups in total. The predicted octanol–water partition coefficient (Wildman–Crippen LogP) is 3.45. The molecule has 0 unspecified atom stereocenters. The maximum absolute atomic E-state index is 10.1. The number of aromatic nitrogens is 2. The van der Waals surface area contributed by atoms with Crippen LogP contribution in [0.1, 0.15) is 12.8 Å². The number of rotatable bonds is 3. The lowest BCUT2D eigenvalue weighted by atomic mass is 10.0. The highest BCUT2D eigenvalue weighted by molar-refractivity contribution is 5.85. The Morgan fingerprint density at radius 1 is 0.929 bits per heavy atom. The van der Waals surface area contributed by atoms with Crippen molar-refractivity contribution >= 4 is 23.9 Å². The number of benzene rings is 2. The average molecular weight is 398 g/mol. The van der Waals surface area contributed by atoms with E-state index in [-0.39, 0.29) is 18.2 Å². The van der Waals surface area contributed by atoms with Gasteiger partial charge in [0.1, 0.15) is 5.75 Å². The van der Waals surface area contributed by atoms with E-state index in [0.717, 1.165) is 37.1 Å². The van der Waals surface area contributed by atoms with Crippen molar-refractivity contribution in [2.75, 3.05) is 23.7 Å². The highest BCUT2D eigenvalue weighted by atomic mass is 35.5. The van der Waals surface area contributed by atoms with E-state index in [4.69, 9.17) is 11.5 Å². The molecule has 0 aliphatic carbocycles. The molecule has 0 spiro atoms. The highest BCUT2D eigenvalue weighted by Gasteiger charge is 2.17. The number of nitrogen functional groups attached to an aromatic ring is 1. The molecule has 3 aromatic rings. The van der Waals surface area contributed by atoms with Crippen LogP contribution in [0, 0.1) is 0 Å². The van der Waals surface area contributed by atoms with Crippen LogP contribution in [-0.2, 0) is 0 Å². The number of piperidine rings is 1. The van der Waals surface area contributed by atoms with Gasteiger partial charge in [-0.25, -0.2) is 0 Å². The van der Waals surface area contributed by atoms with Gasteiger partial charge in [-0.1, -0.05) is 24.3 Å². The highest BCUT2D eigenvalue weighted by Crippen LogP contribution is 2.33. The fourth-order valence-corrected chi connectivity index (χ4v) is 3.46. The molecule has 0 saturated carbocycles. The molecule has 1 aliphatic rings. The first-order chi connectivity index (χ1) is 13.1. The van der Waals surface area contributed by atoms with E-state index in [1.807, 2.05) is 30.3 Å². The lowest BCUT2D eigenvalue weighted by Gasteiger charge is -2.32. The van der Waals surface area contributed by atoms with Crippen LogP contribution in [0.5, 0.6) is 5.75 Å². The number of nitrogens with zero attached hydrogens (tertiary/aromatic N) is 3. The summed E-state index contributed by atoms with van der Waals surface area (Å²) < 4.78 is 0. The van der Waals surface area contributed by atoms with Crippen LogP contribution in [0.2, 0.25) is 0 Å². The van der Waals surface area contributed by atoms with Crippen molar-refractivity contribution < 1.29 is 5.11 Å². The summed E-state index contributed by atoms with van der Waals surface area (Å²) in [4.78, 5) is 2.36. The summed E-state index contributed by atoms with van der Waals surface area (Å²) in [6.45, 7) is 1.97. The Kier molecular flexibility index (Phi) is 6.02. The molecule has 28 heavy (non-hydrogen) atoms. The number of phenolic OH excluding ortho intramolecular Hbond substituents is 1. The summed E-state index contributed by atoms with van der Waals surface area (Å²) in [5, 5.41) is 18.3. The van der Waals surface area contributed by atoms with Crippen LogP contribution in [-0.4, -0.2) is 34.4 Å². The van der Waals surface area contributed by atoms with Gasteiger partial charge in [-0.05, 0) is 48.7 Å². The van der Waals surface area contributed by atoms with Crippen molar-refractivity contribution in [2.45, 2.75) is 18.9 Å². The number of phenols is 1. The van der Waals surface area contributed by atoms with Crippen LogP contribution in [0.25, 0.3) is 22.4 Å². The molecule has 1 fully saturated rings. The zero-order valence-electron chi connectivity index (χ0n) is 15.5. The van der Waals surface area contributed by atoms with Crippen molar-refractivity contribution in [2.24, 2.45) is 5.73 Å². The average Bonchev–Trinajstić information content (AvgIpc) is 2.70. The van der Waals surface area contributed by atoms with Gasteiger partial charge in [-0.15, -0.1) is 22.6 Å². The zero-order valence-corrected chi connectivity index (χ0v) is 16.3. The largest absolute Gasteiger partial charge is 0.507 e. The van der Waals surface area contributed by atoms with E-state index in [1.165, 1.54) is 5.69 Å². The maximum Gasteiger partial charge on any atom is 0.154 e. The minimum absolute atomic E-state index is 0. The quantitative estimate of drug-likeness (QED) is 0.625. The molecule has 4 rings (SSSR count). The van der Waals surface area contributed by atoms with Gasteiger partial charge in [0.25, 0.3) is 0 Å². The minimum Gasteiger partial charge on any atom is -0.507 e. The lowest BCUT2D eigenvalue weighted by Crippen LogP contribution is -2.39. The van der Waals surface area contributed by atoms with Crippen LogP contribution in [0.3, 0.4) is 0 Å². The Labute approximate surface area is 170 Å². The summed E-state index contributed by atoms with van der Waals surface area (Å²) in [6.07, 6.45) is 2.04. The van der Waals surface area contributed by atoms with Gasteiger partial charge in [0.15, 0.2) is 5.82 Å². The van der Waals surface area contributed by atoms with Crippen molar-refractivity contribution in [3.05, 3.63) is 54.6 Å². The molecule has 7 heteroatoms. The third-order valence-electron chi connectivity index (χ3n) is 5.09. The molecule has 0 radical (unpaired) electrons. The van der Waals surface area contributed by atoms with Crippen LogP contribution >= 0.6 is 12.4 Å². The van der Waals surface area contributed by atoms with Gasteiger partial charge < -0.3 is 21.5 Å². The van der Waals surface area contributed by atoms with Gasteiger partial charge in [-0.3, -0.25) is 0 Å². The molecule has 1 aliphatic heterocycles. The Morgan fingerprint density at radius 2 is 1.61 bits per heavy atom. The fraction of sp³-hybridized carbons (Fsp3) is 0.238. The molecule has 0 bridgehead atoms. The Balaban J connectivity index is 0.00000225. The SMILES string of the molecule is Cl.Nc1nnc(-c2ccccc2O)cc1-c1ccc(N2CCC(N)CC2)cc1. The summed E-state index contributed by atoms with van der Waals surface area (Å²) in [6, 6.07) is 17.6. The van der Waals surface area contributed by atoms with E-state index in [9.17, 15) is 5.11 Å². The molecular weight excluding hydrogens is 374 g/mol. The Morgan fingerprint density at radius 3 is 2.29 bits per heavy atom. The van der Waals surface area contributed by atoms with Crippen LogP contribution < -0.4 is 16.4 Å². The monoisotopic (exact) mass is 397 g/mol. The van der Waals surface area contributed by atoms with Gasteiger partial charge in [0, 0.05) is 35.9 Å². The van der Waals surface area contributed by atoms with E-state index in [1.54, 1.807) is 12.1 Å². The maximum atomic E-state index is 10.1. The predicted molar refractivity (Wildman–Crippen MR) is 116 cm³/mol. The Bertz CT molecular complexity index is 940. The second-order valence-corrected chi connectivity index (χ2v) is 6.92. The van der Waals surface area contributed by atoms with Gasteiger partial charge >= 0.3 is 0 Å². The van der Waals surface area contributed by atoms with Gasteiger partial charge in [0.05, 0.1) is 5.69 Å². The molecule has 2 heterocycles. The van der Waals surface area contributed by atoms with Crippen molar-refractivity contribution in [1.82, 2.24) is 10.2 Å². The molecule has 2 aromatic carbocycles. The first-order valence-corrected chi connectivity index (χ1v) is 9.14. The zero-order chi connectivity index (χ0) is 18.8. The number of hydrogen-bond donors (Lipinski definition) is 3. The van der Waals surface area contributed by atoms with Gasteiger partial charge in [-0.2, -0.15) is 0 Å². The molecule has 1 aromatic heterocycles. The minimum atomic E-state index is 0. The summed E-state index contributed by atoms with van der Waals surface area (Å²) in [5.41, 5.74) is 16.2.